The summed E-state index contributed by atoms with van der Waals surface area (Å²) in [6.07, 6.45) is 0. The van der Waals surface area contributed by atoms with Crippen molar-refractivity contribution in [3.63, 3.8) is 0 Å². The van der Waals surface area contributed by atoms with Crippen LogP contribution in [0, 0.1) is 0 Å². The summed E-state index contributed by atoms with van der Waals surface area (Å²) >= 11 is 0. The summed E-state index contributed by atoms with van der Waals surface area (Å²) < 4.78 is 54.9. The van der Waals surface area contributed by atoms with Gasteiger partial charge in [0.15, 0.2) is 14.7 Å². The van der Waals surface area contributed by atoms with Crippen LogP contribution in [0.4, 0.5) is 17.3 Å². The third-order valence-electron chi connectivity index (χ3n) is 3.89. The fourth-order valence-electron chi connectivity index (χ4n) is 2.54. The van der Waals surface area contributed by atoms with Gasteiger partial charge in [-0.15, -0.1) is 0 Å². The molecule has 0 N–H and O–H groups in total. The van der Waals surface area contributed by atoms with E-state index in [1.807, 2.05) is 36.4 Å². The van der Waals surface area contributed by atoms with E-state index in [-0.39, 0.29) is 10.9 Å². The Morgan fingerprint density at radius 2 is 0.700 bits per heavy atom. The van der Waals surface area contributed by atoms with Crippen LogP contribution in [0.1, 0.15) is 0 Å². The monoisotopic (exact) mass is 440 g/mol. The van der Waals surface area contributed by atoms with Crippen LogP contribution in [-0.2, 0) is 10.9 Å². The molecule has 0 heterocycles. The summed E-state index contributed by atoms with van der Waals surface area (Å²) in [5.41, 5.74) is 0. The van der Waals surface area contributed by atoms with Gasteiger partial charge in [-0.2, -0.15) is 0 Å². The molecule has 0 radical (unpaired) electrons. The Bertz CT molecular complexity index is 783. The van der Waals surface area contributed by atoms with Gasteiger partial charge in [-0.25, -0.2) is 0 Å². The highest BCUT2D eigenvalue weighted by atomic mass is 32.2. The molecular weight excluding hydrogens is 419 g/mol. The number of halogens is 4. The maximum Gasteiger partial charge on any atom is 0.673 e. The van der Waals surface area contributed by atoms with Crippen molar-refractivity contribution in [1.29, 1.82) is 0 Å². The Hall–Kier alpha value is -2.81. The topological polar surface area (TPSA) is 27.7 Å². The van der Waals surface area contributed by atoms with Crippen molar-refractivity contribution in [3.05, 3.63) is 72.8 Å². The van der Waals surface area contributed by atoms with Crippen LogP contribution >= 0.6 is 0 Å². The van der Waals surface area contributed by atoms with Gasteiger partial charge in [0.05, 0.1) is 32.2 Å². The highest BCUT2D eigenvalue weighted by Gasteiger charge is 2.28. The molecule has 0 aliphatic rings. The van der Waals surface area contributed by atoms with Crippen LogP contribution in [0.15, 0.2) is 87.5 Å². The first kappa shape index (κ1) is 23.5. The summed E-state index contributed by atoms with van der Waals surface area (Å²) in [5.74, 6) is 2.57. The van der Waals surface area contributed by atoms with Gasteiger partial charge in [-0.1, -0.05) is 0 Å². The molecule has 3 nitrogen and oxygen atoms in total. The number of ether oxygens (including phenoxy) is 3. The van der Waals surface area contributed by atoms with Crippen LogP contribution in [-0.4, -0.2) is 28.6 Å². The van der Waals surface area contributed by atoms with Crippen molar-refractivity contribution in [2.45, 2.75) is 14.7 Å². The lowest BCUT2D eigenvalue weighted by Crippen LogP contribution is -2.05. The first-order valence-corrected chi connectivity index (χ1v) is 10.0. The van der Waals surface area contributed by atoms with Crippen molar-refractivity contribution >= 4 is 18.1 Å². The van der Waals surface area contributed by atoms with Gasteiger partial charge in [0.2, 0.25) is 0 Å². The minimum absolute atomic E-state index is 0.212. The second-order valence-electron chi connectivity index (χ2n) is 5.83. The van der Waals surface area contributed by atoms with Gasteiger partial charge in [-0.3, -0.25) is 0 Å². The zero-order valence-corrected chi connectivity index (χ0v) is 17.5. The number of rotatable bonds is 6. The average Bonchev–Trinajstić information content (AvgIpc) is 2.74. The van der Waals surface area contributed by atoms with E-state index in [2.05, 4.69) is 36.4 Å². The quantitative estimate of drug-likeness (QED) is 0.263. The van der Waals surface area contributed by atoms with E-state index in [4.69, 9.17) is 14.2 Å². The maximum absolute atomic E-state index is 9.75. The zero-order chi connectivity index (χ0) is 22.1. The van der Waals surface area contributed by atoms with E-state index in [1.165, 1.54) is 14.7 Å². The Kier molecular flexibility index (Phi) is 8.47. The Labute approximate surface area is 176 Å². The minimum atomic E-state index is -6.00. The second kappa shape index (κ2) is 10.8. The van der Waals surface area contributed by atoms with Crippen molar-refractivity contribution in [2.24, 2.45) is 0 Å². The standard InChI is InChI=1S/C21H21O3S.BF4/c1-22-16-4-10-19(11-5-16)25(20-12-6-17(23-2)7-13-20)21-14-8-18(24-3)9-15-21;2-1(3,4)5/h4-15H,1-3H3;/q+1;-1. The average molecular weight is 440 g/mol. The fraction of sp³-hybridized carbons (Fsp3) is 0.143. The largest absolute Gasteiger partial charge is 0.673 e. The van der Waals surface area contributed by atoms with E-state index in [1.54, 1.807) is 21.3 Å². The third kappa shape index (κ3) is 7.22. The lowest BCUT2D eigenvalue weighted by atomic mass is 10.3. The second-order valence-corrected chi connectivity index (χ2v) is 7.85. The Morgan fingerprint density at radius 1 is 0.500 bits per heavy atom. The molecule has 0 aliphatic carbocycles. The van der Waals surface area contributed by atoms with Gasteiger partial charge in [0.1, 0.15) is 17.2 Å². The molecule has 0 aromatic heterocycles. The maximum atomic E-state index is 9.75. The highest BCUT2D eigenvalue weighted by Crippen LogP contribution is 2.33. The van der Waals surface area contributed by atoms with Crippen molar-refractivity contribution < 1.29 is 31.5 Å². The fourth-order valence-corrected chi connectivity index (χ4v) is 4.58. The Balaban J connectivity index is 0.000000575. The SMILES string of the molecule is COc1ccc([S+](c2ccc(OC)cc2)c2ccc(OC)cc2)cc1.F[B-](F)(F)F. The third-order valence-corrected chi connectivity index (χ3v) is 6.12. The molecule has 0 aliphatic heterocycles. The summed E-state index contributed by atoms with van der Waals surface area (Å²) in [5, 5.41) is 0. The molecule has 3 aromatic carbocycles. The smallest absolute Gasteiger partial charge is 0.497 e. The molecule has 30 heavy (non-hydrogen) atoms. The molecule has 9 heteroatoms. The van der Waals surface area contributed by atoms with E-state index in [0.29, 0.717) is 0 Å². The Morgan fingerprint density at radius 3 is 0.867 bits per heavy atom. The summed E-state index contributed by atoms with van der Waals surface area (Å²) in [4.78, 5) is 3.70. The number of hydrogen-bond donors (Lipinski definition) is 0. The lowest BCUT2D eigenvalue weighted by molar-refractivity contribution is 0.368. The molecule has 3 aromatic rings. The van der Waals surface area contributed by atoms with Crippen LogP contribution in [0.2, 0.25) is 0 Å². The van der Waals surface area contributed by atoms with E-state index in [0.717, 1.165) is 17.2 Å². The minimum Gasteiger partial charge on any atom is -0.497 e. The summed E-state index contributed by atoms with van der Waals surface area (Å²) in [6, 6.07) is 24.7. The van der Waals surface area contributed by atoms with Crippen molar-refractivity contribution in [3.8, 4) is 17.2 Å². The number of benzene rings is 3. The number of hydrogen-bond acceptors (Lipinski definition) is 3. The molecular formula is C21H21BF4O3S. The van der Waals surface area contributed by atoms with Crippen molar-refractivity contribution in [1.82, 2.24) is 0 Å². The predicted octanol–water partition coefficient (Wildman–Crippen LogP) is 6.11. The van der Waals surface area contributed by atoms with E-state index >= 15 is 0 Å². The zero-order valence-electron chi connectivity index (χ0n) is 16.7. The highest BCUT2D eigenvalue weighted by molar-refractivity contribution is 7.97. The summed E-state index contributed by atoms with van der Waals surface area (Å²) in [6.45, 7) is 0. The van der Waals surface area contributed by atoms with Crippen LogP contribution < -0.4 is 14.2 Å². The molecule has 0 atom stereocenters. The molecule has 0 spiro atoms. The van der Waals surface area contributed by atoms with E-state index in [9.17, 15) is 17.3 Å². The van der Waals surface area contributed by atoms with Crippen LogP contribution in [0.3, 0.4) is 0 Å². The molecule has 0 unspecified atom stereocenters. The molecule has 0 amide bonds. The predicted molar refractivity (Wildman–Crippen MR) is 111 cm³/mol. The van der Waals surface area contributed by atoms with Gasteiger partial charge in [-0.05, 0) is 72.8 Å². The molecule has 0 saturated carbocycles. The summed E-state index contributed by atoms with van der Waals surface area (Å²) in [7, 11) is -1.17. The van der Waals surface area contributed by atoms with Gasteiger partial charge in [0, 0.05) is 0 Å². The molecule has 3 rings (SSSR count). The first-order valence-electron chi connectivity index (χ1n) is 8.79. The first-order chi connectivity index (χ1) is 14.2. The number of methoxy groups -OCH3 is 3. The van der Waals surface area contributed by atoms with Gasteiger partial charge < -0.3 is 31.5 Å². The molecule has 160 valence electrons. The lowest BCUT2D eigenvalue weighted by Gasteiger charge is -2.10. The normalized spacial score (nSPS) is 10.8. The molecule has 0 fully saturated rings. The van der Waals surface area contributed by atoms with Gasteiger partial charge in [0.25, 0.3) is 0 Å². The molecule has 0 saturated heterocycles. The van der Waals surface area contributed by atoms with E-state index < -0.39 is 7.25 Å². The van der Waals surface area contributed by atoms with Crippen LogP contribution in [0.25, 0.3) is 0 Å². The van der Waals surface area contributed by atoms with Crippen molar-refractivity contribution in [2.75, 3.05) is 21.3 Å². The van der Waals surface area contributed by atoms with Gasteiger partial charge >= 0.3 is 7.25 Å². The van der Waals surface area contributed by atoms with Crippen LogP contribution in [0.5, 0.6) is 17.2 Å². The molecule has 0 bridgehead atoms.